The summed E-state index contributed by atoms with van der Waals surface area (Å²) in [6, 6.07) is 0. The number of rotatable bonds is 5. The lowest BCUT2D eigenvalue weighted by Gasteiger charge is -2.19. The number of halogens is 2. The zero-order chi connectivity index (χ0) is 9.52. The molecule has 72 valence electrons. The van der Waals surface area contributed by atoms with E-state index in [4.69, 9.17) is 23.2 Å². The van der Waals surface area contributed by atoms with Crippen molar-refractivity contribution in [2.75, 3.05) is 29.7 Å². The van der Waals surface area contributed by atoms with Crippen LogP contribution in [0.1, 0.15) is 0 Å². The third-order valence-corrected chi connectivity index (χ3v) is 1.81. The van der Waals surface area contributed by atoms with E-state index in [0.717, 1.165) is 0 Å². The van der Waals surface area contributed by atoms with Crippen LogP contribution in [0, 0.1) is 0 Å². The van der Waals surface area contributed by atoms with E-state index in [1.165, 1.54) is 12.7 Å². The van der Waals surface area contributed by atoms with Crippen molar-refractivity contribution >= 4 is 29.2 Å². The molecule has 0 radical (unpaired) electrons. The second-order valence-corrected chi connectivity index (χ2v) is 3.06. The topological polar surface area (TPSA) is 41.9 Å². The number of nitrogens with zero attached hydrogens (tertiary/aromatic N) is 4. The normalized spacial score (nSPS) is 10.0. The number of aromatic nitrogens is 3. The quantitative estimate of drug-likeness (QED) is 0.699. The molecule has 0 saturated heterocycles. The minimum absolute atomic E-state index is 0.530. The molecular weight excluding hydrogens is 211 g/mol. The Balaban J connectivity index is 2.64. The van der Waals surface area contributed by atoms with Crippen LogP contribution in [0.2, 0.25) is 0 Å². The monoisotopic (exact) mass is 220 g/mol. The molecule has 0 aliphatic carbocycles. The molecule has 0 saturated carbocycles. The lowest BCUT2D eigenvalue weighted by molar-refractivity contribution is 0.817. The summed E-state index contributed by atoms with van der Waals surface area (Å²) in [5, 5.41) is 0. The first kappa shape index (κ1) is 10.5. The number of alkyl halides is 2. The van der Waals surface area contributed by atoms with Crippen molar-refractivity contribution in [1.82, 2.24) is 15.0 Å². The first-order chi connectivity index (χ1) is 6.38. The van der Waals surface area contributed by atoms with Crippen molar-refractivity contribution in [3.63, 3.8) is 0 Å². The molecule has 0 aromatic carbocycles. The smallest absolute Gasteiger partial charge is 0.228 e. The lowest BCUT2D eigenvalue weighted by Crippen LogP contribution is -2.29. The Kier molecular flexibility index (Phi) is 4.78. The van der Waals surface area contributed by atoms with Gasteiger partial charge in [-0.15, -0.1) is 23.2 Å². The van der Waals surface area contributed by atoms with E-state index < -0.39 is 0 Å². The van der Waals surface area contributed by atoms with E-state index in [2.05, 4.69) is 15.0 Å². The SMILES string of the molecule is ClCCN(CCCl)c1ncncn1. The highest BCUT2D eigenvalue weighted by Crippen LogP contribution is 2.03. The highest BCUT2D eigenvalue weighted by atomic mass is 35.5. The Bertz CT molecular complexity index is 225. The van der Waals surface area contributed by atoms with Gasteiger partial charge in [-0.1, -0.05) is 0 Å². The van der Waals surface area contributed by atoms with Gasteiger partial charge in [-0.2, -0.15) is 0 Å². The summed E-state index contributed by atoms with van der Waals surface area (Å²) in [6.45, 7) is 1.39. The summed E-state index contributed by atoms with van der Waals surface area (Å²) in [5.74, 6) is 1.68. The Morgan fingerprint density at radius 1 is 1.08 bits per heavy atom. The van der Waals surface area contributed by atoms with Crippen molar-refractivity contribution in [1.29, 1.82) is 0 Å². The van der Waals surface area contributed by atoms with E-state index >= 15 is 0 Å². The van der Waals surface area contributed by atoms with E-state index in [-0.39, 0.29) is 0 Å². The molecule has 13 heavy (non-hydrogen) atoms. The van der Waals surface area contributed by atoms with Gasteiger partial charge in [0.2, 0.25) is 5.95 Å². The first-order valence-electron chi connectivity index (χ1n) is 3.87. The van der Waals surface area contributed by atoms with Crippen LogP contribution < -0.4 is 4.90 Å². The minimum atomic E-state index is 0.530. The van der Waals surface area contributed by atoms with E-state index in [1.807, 2.05) is 4.90 Å². The second-order valence-electron chi connectivity index (χ2n) is 2.30. The van der Waals surface area contributed by atoms with Gasteiger partial charge in [0.05, 0.1) is 0 Å². The lowest BCUT2D eigenvalue weighted by atomic mass is 10.5. The Labute approximate surface area is 86.9 Å². The van der Waals surface area contributed by atoms with Crippen LogP contribution in [0.15, 0.2) is 12.7 Å². The van der Waals surface area contributed by atoms with Crippen molar-refractivity contribution in [2.45, 2.75) is 0 Å². The molecule has 1 heterocycles. The molecule has 1 aromatic rings. The van der Waals surface area contributed by atoms with Gasteiger partial charge in [0.15, 0.2) is 0 Å². The predicted octanol–water partition coefficient (Wildman–Crippen LogP) is 1.16. The summed E-state index contributed by atoms with van der Waals surface area (Å²) in [7, 11) is 0. The van der Waals surface area contributed by atoms with Crippen LogP contribution >= 0.6 is 23.2 Å². The Hall–Kier alpha value is -0.610. The average molecular weight is 221 g/mol. The van der Waals surface area contributed by atoms with Gasteiger partial charge in [0, 0.05) is 24.8 Å². The molecule has 0 fully saturated rings. The van der Waals surface area contributed by atoms with Gasteiger partial charge < -0.3 is 4.90 Å². The molecule has 1 rings (SSSR count). The third-order valence-electron chi connectivity index (χ3n) is 1.47. The van der Waals surface area contributed by atoms with Gasteiger partial charge in [-0.3, -0.25) is 0 Å². The van der Waals surface area contributed by atoms with Crippen LogP contribution in [0.25, 0.3) is 0 Å². The van der Waals surface area contributed by atoms with Crippen molar-refractivity contribution < 1.29 is 0 Å². The largest absolute Gasteiger partial charge is 0.338 e. The fourth-order valence-electron chi connectivity index (χ4n) is 0.912. The van der Waals surface area contributed by atoms with E-state index in [0.29, 0.717) is 30.8 Å². The summed E-state index contributed by atoms with van der Waals surface area (Å²) in [5.41, 5.74) is 0. The van der Waals surface area contributed by atoms with Gasteiger partial charge in [-0.25, -0.2) is 15.0 Å². The van der Waals surface area contributed by atoms with E-state index in [9.17, 15) is 0 Å². The standard InChI is InChI=1S/C7H10Cl2N4/c8-1-3-13(4-2-9)7-11-5-10-6-12-7/h5-6H,1-4H2. The fourth-order valence-corrected chi connectivity index (χ4v) is 1.32. The molecule has 0 unspecified atom stereocenters. The molecule has 6 heteroatoms. The van der Waals surface area contributed by atoms with Gasteiger partial charge in [0.25, 0.3) is 0 Å². The first-order valence-corrected chi connectivity index (χ1v) is 4.94. The van der Waals surface area contributed by atoms with E-state index in [1.54, 1.807) is 0 Å². The zero-order valence-electron chi connectivity index (χ0n) is 7.03. The van der Waals surface area contributed by atoms with Crippen molar-refractivity contribution in [2.24, 2.45) is 0 Å². The van der Waals surface area contributed by atoms with Crippen molar-refractivity contribution in [3.05, 3.63) is 12.7 Å². The fraction of sp³-hybridized carbons (Fsp3) is 0.571. The molecular formula is C7H10Cl2N4. The van der Waals surface area contributed by atoms with Crippen LogP contribution in [-0.2, 0) is 0 Å². The molecule has 0 N–H and O–H groups in total. The Morgan fingerprint density at radius 2 is 1.62 bits per heavy atom. The predicted molar refractivity (Wildman–Crippen MR) is 53.5 cm³/mol. The highest BCUT2D eigenvalue weighted by Gasteiger charge is 2.06. The molecule has 0 bridgehead atoms. The molecule has 0 aliphatic rings. The number of hydrogen-bond acceptors (Lipinski definition) is 4. The van der Waals surface area contributed by atoms with Crippen LogP contribution in [0.3, 0.4) is 0 Å². The van der Waals surface area contributed by atoms with Crippen LogP contribution in [0.5, 0.6) is 0 Å². The number of anilines is 1. The second kappa shape index (κ2) is 5.94. The average Bonchev–Trinajstić information content (AvgIpc) is 2.19. The third kappa shape index (κ3) is 3.32. The highest BCUT2D eigenvalue weighted by molar-refractivity contribution is 6.18. The van der Waals surface area contributed by atoms with Crippen LogP contribution in [0.4, 0.5) is 5.95 Å². The number of hydrogen-bond donors (Lipinski definition) is 0. The molecule has 1 aromatic heterocycles. The maximum atomic E-state index is 5.63. The molecule has 0 atom stereocenters. The Morgan fingerprint density at radius 3 is 2.08 bits per heavy atom. The maximum Gasteiger partial charge on any atom is 0.228 e. The summed E-state index contributed by atoms with van der Waals surface area (Å²) >= 11 is 11.3. The summed E-state index contributed by atoms with van der Waals surface area (Å²) < 4.78 is 0. The molecule has 0 amide bonds. The molecule has 0 spiro atoms. The van der Waals surface area contributed by atoms with Crippen molar-refractivity contribution in [3.8, 4) is 0 Å². The molecule has 4 nitrogen and oxygen atoms in total. The minimum Gasteiger partial charge on any atom is -0.338 e. The van der Waals surface area contributed by atoms with Crippen LogP contribution in [-0.4, -0.2) is 39.8 Å². The molecule has 0 aliphatic heterocycles. The summed E-state index contributed by atoms with van der Waals surface area (Å²) in [6.07, 6.45) is 2.91. The van der Waals surface area contributed by atoms with Gasteiger partial charge in [-0.05, 0) is 0 Å². The zero-order valence-corrected chi connectivity index (χ0v) is 8.54. The van der Waals surface area contributed by atoms with Gasteiger partial charge >= 0.3 is 0 Å². The summed E-state index contributed by atoms with van der Waals surface area (Å²) in [4.78, 5) is 13.7. The van der Waals surface area contributed by atoms with Gasteiger partial charge in [0.1, 0.15) is 12.7 Å². The maximum absolute atomic E-state index is 5.63.